The summed E-state index contributed by atoms with van der Waals surface area (Å²) in [6.07, 6.45) is 4.22. The average molecular weight is 283 g/mol. The minimum absolute atomic E-state index is 0.235. The third-order valence-corrected chi connectivity index (χ3v) is 4.32. The van der Waals surface area contributed by atoms with Crippen molar-refractivity contribution < 1.29 is 4.42 Å². The van der Waals surface area contributed by atoms with Crippen molar-refractivity contribution in [2.45, 2.75) is 18.8 Å². The summed E-state index contributed by atoms with van der Waals surface area (Å²) in [6.45, 7) is 2.07. The molecular weight excluding hydrogens is 267 g/mol. The Balaban J connectivity index is 2.33. The SMILES string of the molecule is Cc1ccc(C(CCl)(CCl)Cc2ccoc2)cc1. The van der Waals surface area contributed by atoms with E-state index in [0.717, 1.165) is 12.0 Å². The number of furan rings is 1. The van der Waals surface area contributed by atoms with Crippen molar-refractivity contribution in [2.75, 3.05) is 11.8 Å². The molecule has 0 radical (unpaired) electrons. The first-order valence-electron chi connectivity index (χ1n) is 5.90. The average Bonchev–Trinajstić information content (AvgIpc) is 2.90. The summed E-state index contributed by atoms with van der Waals surface area (Å²) in [7, 11) is 0. The Morgan fingerprint density at radius 3 is 2.22 bits per heavy atom. The third kappa shape index (κ3) is 2.73. The molecule has 0 saturated heterocycles. The van der Waals surface area contributed by atoms with Crippen molar-refractivity contribution in [3.63, 3.8) is 0 Å². The fourth-order valence-electron chi connectivity index (χ4n) is 2.08. The van der Waals surface area contributed by atoms with Crippen LogP contribution in [-0.4, -0.2) is 11.8 Å². The zero-order chi connectivity index (χ0) is 13.0. The number of halogens is 2. The molecule has 2 aromatic rings. The lowest BCUT2D eigenvalue weighted by atomic mass is 9.79. The number of alkyl halides is 2. The summed E-state index contributed by atoms with van der Waals surface area (Å²) >= 11 is 12.4. The van der Waals surface area contributed by atoms with Gasteiger partial charge < -0.3 is 4.42 Å². The minimum atomic E-state index is -0.235. The Morgan fingerprint density at radius 1 is 1.06 bits per heavy atom. The van der Waals surface area contributed by atoms with Crippen LogP contribution in [0.5, 0.6) is 0 Å². The largest absolute Gasteiger partial charge is 0.472 e. The predicted octanol–water partition coefficient (Wildman–Crippen LogP) is 4.55. The monoisotopic (exact) mass is 282 g/mol. The summed E-state index contributed by atoms with van der Waals surface area (Å²) in [4.78, 5) is 0. The minimum Gasteiger partial charge on any atom is -0.472 e. The van der Waals surface area contributed by atoms with Gasteiger partial charge in [-0.15, -0.1) is 23.2 Å². The first-order valence-corrected chi connectivity index (χ1v) is 6.97. The van der Waals surface area contributed by atoms with Gasteiger partial charge in [0.15, 0.2) is 0 Å². The molecule has 0 saturated carbocycles. The number of rotatable bonds is 5. The van der Waals surface area contributed by atoms with Crippen molar-refractivity contribution in [3.05, 3.63) is 59.5 Å². The molecule has 96 valence electrons. The fraction of sp³-hybridized carbons (Fsp3) is 0.333. The molecule has 0 bridgehead atoms. The van der Waals surface area contributed by atoms with E-state index in [0.29, 0.717) is 11.8 Å². The molecule has 0 amide bonds. The third-order valence-electron chi connectivity index (χ3n) is 3.30. The Hall–Kier alpha value is -0.920. The van der Waals surface area contributed by atoms with E-state index < -0.39 is 0 Å². The standard InChI is InChI=1S/C15H16Cl2O/c1-12-2-4-14(5-3-12)15(10-16,11-17)8-13-6-7-18-9-13/h2-7,9H,8,10-11H2,1H3. The second kappa shape index (κ2) is 5.81. The van der Waals surface area contributed by atoms with E-state index >= 15 is 0 Å². The van der Waals surface area contributed by atoms with Gasteiger partial charge in [0.2, 0.25) is 0 Å². The van der Waals surface area contributed by atoms with Crippen LogP contribution in [0.4, 0.5) is 0 Å². The van der Waals surface area contributed by atoms with Crippen LogP contribution in [0, 0.1) is 6.92 Å². The first kappa shape index (κ1) is 13.5. The molecule has 2 rings (SSSR count). The van der Waals surface area contributed by atoms with Crippen molar-refractivity contribution in [1.82, 2.24) is 0 Å². The summed E-state index contributed by atoms with van der Waals surface area (Å²) in [5.74, 6) is 0.982. The first-order chi connectivity index (χ1) is 8.70. The molecule has 1 heterocycles. The highest BCUT2D eigenvalue weighted by atomic mass is 35.5. The highest BCUT2D eigenvalue weighted by Gasteiger charge is 2.31. The van der Waals surface area contributed by atoms with Gasteiger partial charge in [0.25, 0.3) is 0 Å². The lowest BCUT2D eigenvalue weighted by Gasteiger charge is -2.30. The van der Waals surface area contributed by atoms with Crippen LogP contribution in [0.25, 0.3) is 0 Å². The highest BCUT2D eigenvalue weighted by molar-refractivity contribution is 6.22. The second-order valence-electron chi connectivity index (χ2n) is 4.72. The molecule has 0 aliphatic carbocycles. The van der Waals surface area contributed by atoms with E-state index in [1.54, 1.807) is 12.5 Å². The van der Waals surface area contributed by atoms with Crippen molar-refractivity contribution in [1.29, 1.82) is 0 Å². The summed E-state index contributed by atoms with van der Waals surface area (Å²) in [6, 6.07) is 10.4. The van der Waals surface area contributed by atoms with Crippen LogP contribution in [0.2, 0.25) is 0 Å². The van der Waals surface area contributed by atoms with Crippen molar-refractivity contribution in [3.8, 4) is 0 Å². The number of aryl methyl sites for hydroxylation is 1. The van der Waals surface area contributed by atoms with Crippen LogP contribution < -0.4 is 0 Å². The van der Waals surface area contributed by atoms with Crippen molar-refractivity contribution in [2.24, 2.45) is 0 Å². The fourth-order valence-corrected chi connectivity index (χ4v) is 2.86. The zero-order valence-corrected chi connectivity index (χ0v) is 11.8. The van der Waals surface area contributed by atoms with Gasteiger partial charge in [-0.2, -0.15) is 0 Å². The number of benzene rings is 1. The Kier molecular flexibility index (Phi) is 4.36. The van der Waals surface area contributed by atoms with E-state index in [9.17, 15) is 0 Å². The second-order valence-corrected chi connectivity index (χ2v) is 5.26. The van der Waals surface area contributed by atoms with Gasteiger partial charge in [0.05, 0.1) is 12.5 Å². The van der Waals surface area contributed by atoms with Crippen LogP contribution in [-0.2, 0) is 11.8 Å². The van der Waals surface area contributed by atoms with Crippen LogP contribution in [0.3, 0.4) is 0 Å². The van der Waals surface area contributed by atoms with E-state index in [-0.39, 0.29) is 5.41 Å². The van der Waals surface area contributed by atoms with E-state index in [2.05, 4.69) is 31.2 Å². The van der Waals surface area contributed by atoms with E-state index in [1.165, 1.54) is 11.1 Å². The lowest BCUT2D eigenvalue weighted by molar-refractivity contribution is 0.522. The molecule has 1 aromatic carbocycles. The summed E-state index contributed by atoms with van der Waals surface area (Å²) < 4.78 is 5.12. The molecule has 0 atom stereocenters. The molecule has 18 heavy (non-hydrogen) atoms. The molecule has 0 fully saturated rings. The van der Waals surface area contributed by atoms with Gasteiger partial charge in [0.1, 0.15) is 0 Å². The quantitative estimate of drug-likeness (QED) is 0.734. The molecule has 0 aliphatic heterocycles. The topological polar surface area (TPSA) is 13.1 Å². The maximum Gasteiger partial charge on any atom is 0.0934 e. The number of hydrogen-bond acceptors (Lipinski definition) is 1. The Bertz CT molecular complexity index is 470. The van der Waals surface area contributed by atoms with Crippen LogP contribution in [0.1, 0.15) is 16.7 Å². The summed E-state index contributed by atoms with van der Waals surface area (Å²) in [5, 5.41) is 0. The predicted molar refractivity (Wildman–Crippen MR) is 76.7 cm³/mol. The molecule has 3 heteroatoms. The van der Waals surface area contributed by atoms with Crippen molar-refractivity contribution >= 4 is 23.2 Å². The Morgan fingerprint density at radius 2 is 1.72 bits per heavy atom. The van der Waals surface area contributed by atoms with E-state index in [4.69, 9.17) is 27.6 Å². The maximum atomic E-state index is 6.20. The van der Waals surface area contributed by atoms with Gasteiger partial charge in [-0.3, -0.25) is 0 Å². The van der Waals surface area contributed by atoms with Crippen LogP contribution in [0.15, 0.2) is 47.3 Å². The molecule has 1 aromatic heterocycles. The number of hydrogen-bond donors (Lipinski definition) is 0. The summed E-state index contributed by atoms with van der Waals surface area (Å²) in [5.41, 5.74) is 3.30. The van der Waals surface area contributed by atoms with Gasteiger partial charge in [-0.05, 0) is 30.5 Å². The van der Waals surface area contributed by atoms with Crippen LogP contribution >= 0.6 is 23.2 Å². The lowest BCUT2D eigenvalue weighted by Crippen LogP contribution is -2.33. The molecule has 1 nitrogen and oxygen atoms in total. The van der Waals surface area contributed by atoms with Gasteiger partial charge in [0, 0.05) is 17.2 Å². The molecule has 0 N–H and O–H groups in total. The normalized spacial score (nSPS) is 11.7. The zero-order valence-electron chi connectivity index (χ0n) is 10.3. The molecule has 0 aliphatic rings. The molecular formula is C15H16Cl2O. The highest BCUT2D eigenvalue weighted by Crippen LogP contribution is 2.32. The maximum absolute atomic E-state index is 6.20. The smallest absolute Gasteiger partial charge is 0.0934 e. The Labute approximate surface area is 118 Å². The van der Waals surface area contributed by atoms with Gasteiger partial charge in [-0.1, -0.05) is 29.8 Å². The molecule has 0 unspecified atom stereocenters. The molecule has 0 spiro atoms. The van der Waals surface area contributed by atoms with E-state index in [1.807, 2.05) is 6.07 Å². The van der Waals surface area contributed by atoms with Gasteiger partial charge in [-0.25, -0.2) is 0 Å². The van der Waals surface area contributed by atoms with Gasteiger partial charge >= 0.3 is 0 Å².